The second kappa shape index (κ2) is 9.97. The molecule has 0 unspecified atom stereocenters. The standard InChI is InChI=1S/C10H13NO.C5H5.C2H7Si.2ClH.Hf/c1-6-4-7(2)9(10(11)12)8(3)5-6;1-2-4-5-3-1;1-3-2;;;/h4-5H,1-3H3,(H2,11,12);1-3H,4H2;3H,1-2H3;2*1H;/q;;;;;+3/p-3. The van der Waals surface area contributed by atoms with E-state index in [1.807, 2.05) is 13.8 Å². The van der Waals surface area contributed by atoms with Crippen LogP contribution < -0.4 is 28.1 Å². The first kappa shape index (κ1) is 22.8. The summed E-state index contributed by atoms with van der Waals surface area (Å²) in [5.74, 6) is -0.619. The summed E-state index contributed by atoms with van der Waals surface area (Å²) in [5.41, 5.74) is 4.31. The van der Waals surface area contributed by atoms with Crippen LogP contribution in [0.2, 0.25) is 13.1 Å². The van der Waals surface area contributed by atoms with Crippen molar-refractivity contribution < 1.29 is 50.5 Å². The number of allylic oxidation sites excluding steroid dienone is 4. The number of hydrogen-bond acceptors (Lipinski definition) is 1. The van der Waals surface area contributed by atoms with Crippen molar-refractivity contribution in [1.82, 2.24) is 3.30 Å². The predicted molar refractivity (Wildman–Crippen MR) is 88.8 cm³/mol. The summed E-state index contributed by atoms with van der Waals surface area (Å²) < 4.78 is 5.07. The second-order valence-electron chi connectivity index (χ2n) is 6.12. The van der Waals surface area contributed by atoms with Gasteiger partial charge in [-0.15, -0.1) is 0 Å². The zero-order chi connectivity index (χ0) is 15.6. The molecule has 1 aliphatic carbocycles. The van der Waals surface area contributed by atoms with Crippen LogP contribution in [0.3, 0.4) is 0 Å². The molecule has 0 aromatic heterocycles. The monoisotopic (exact) mass is 536 g/mol. The molecule has 0 atom stereocenters. The third kappa shape index (κ3) is 5.70. The van der Waals surface area contributed by atoms with Crippen LogP contribution in [0, 0.1) is 20.8 Å². The summed E-state index contributed by atoms with van der Waals surface area (Å²) in [6, 6.07) is 4.21. The topological polar surface area (TPSA) is 29.1 Å². The number of hydrogen-bond donors (Lipinski definition) is 1. The molecule has 23 heavy (non-hydrogen) atoms. The second-order valence-corrected chi connectivity index (χ2v) is 31.8. The van der Waals surface area contributed by atoms with Gasteiger partial charge in [0.15, 0.2) is 0 Å². The molecule has 0 heterocycles. The fourth-order valence-electron chi connectivity index (χ4n) is 2.97. The van der Waals surface area contributed by atoms with Gasteiger partial charge < -0.3 is 24.8 Å². The third-order valence-electron chi connectivity index (χ3n) is 3.85. The normalized spacial score (nSPS) is 12.3. The average molecular weight is 536 g/mol. The van der Waals surface area contributed by atoms with Gasteiger partial charge in [0.25, 0.3) is 0 Å². The van der Waals surface area contributed by atoms with Crippen LogP contribution in [-0.2, 0) is 20.9 Å². The molecule has 6 heteroatoms. The first-order chi connectivity index (χ1) is 9.90. The van der Waals surface area contributed by atoms with E-state index in [0.29, 0.717) is 0 Å². The van der Waals surface area contributed by atoms with Gasteiger partial charge in [0, 0.05) is 0 Å². The SMILES string of the molecule is Cc1cc(C)c(C(=O)[NH][Hf+2]([C]2=CC=CC2)[SiH](C)C)c(C)c1.[Cl-].[Cl-]. The molecule has 1 N–H and O–H groups in total. The van der Waals surface area contributed by atoms with Crippen LogP contribution in [0.1, 0.15) is 33.5 Å². The average Bonchev–Trinajstić information content (AvgIpc) is 2.87. The van der Waals surface area contributed by atoms with Crippen molar-refractivity contribution in [2.24, 2.45) is 0 Å². The van der Waals surface area contributed by atoms with Crippen LogP contribution >= 0.6 is 0 Å². The molecule has 2 rings (SSSR count). The van der Waals surface area contributed by atoms with Crippen LogP contribution in [-0.4, -0.2) is 11.9 Å². The molecule has 0 radical (unpaired) electrons. The summed E-state index contributed by atoms with van der Waals surface area (Å²) in [5, 5.41) is 0. The Kier molecular flexibility index (Phi) is 9.90. The van der Waals surface area contributed by atoms with E-state index in [2.05, 4.69) is 53.7 Å². The van der Waals surface area contributed by atoms with Gasteiger partial charge in [0.1, 0.15) is 0 Å². The van der Waals surface area contributed by atoms with E-state index in [1.165, 1.54) is 5.56 Å². The predicted octanol–water partition coefficient (Wildman–Crippen LogP) is -2.29. The number of halogens is 2. The minimum atomic E-state index is -2.13. The summed E-state index contributed by atoms with van der Waals surface area (Å²) >= 11 is -2.13. The maximum Gasteiger partial charge on any atom is -1.00 e. The molecule has 1 amide bonds. The number of nitrogens with one attached hydrogen (secondary N) is 1. The Labute approximate surface area is 161 Å². The van der Waals surface area contributed by atoms with Gasteiger partial charge >= 0.3 is 137 Å². The fraction of sp³-hybridized carbons (Fsp3) is 0.353. The van der Waals surface area contributed by atoms with E-state index in [9.17, 15) is 4.79 Å². The molecule has 0 aliphatic heterocycles. The van der Waals surface area contributed by atoms with Crippen molar-refractivity contribution >= 4 is 11.9 Å². The minimum Gasteiger partial charge on any atom is -1.00 e. The fourth-order valence-corrected chi connectivity index (χ4v) is 22.0. The summed E-state index contributed by atoms with van der Waals surface area (Å²) in [6.45, 7) is 10.9. The van der Waals surface area contributed by atoms with Gasteiger partial charge in [-0.1, -0.05) is 0 Å². The molecular weight excluding hydrogens is 512 g/mol. The van der Waals surface area contributed by atoms with Gasteiger partial charge in [0.2, 0.25) is 0 Å². The molecule has 1 aromatic rings. The number of rotatable bonds is 4. The quantitative estimate of drug-likeness (QED) is 0.433. The minimum absolute atomic E-state index is 0. The molecule has 1 aliphatic rings. The van der Waals surface area contributed by atoms with E-state index < -0.39 is 26.9 Å². The van der Waals surface area contributed by atoms with E-state index in [0.717, 1.165) is 23.1 Å². The molecule has 2 nitrogen and oxygen atoms in total. The van der Waals surface area contributed by atoms with Gasteiger partial charge in [0.05, 0.1) is 0 Å². The van der Waals surface area contributed by atoms with E-state index >= 15 is 0 Å². The van der Waals surface area contributed by atoms with Gasteiger partial charge in [-0.25, -0.2) is 0 Å². The van der Waals surface area contributed by atoms with Crippen molar-refractivity contribution in [3.05, 3.63) is 55.9 Å². The Bertz CT molecular complexity index is 606. The molecule has 1 aromatic carbocycles. The number of amides is 1. The van der Waals surface area contributed by atoms with E-state index in [4.69, 9.17) is 0 Å². The first-order valence-corrected chi connectivity index (χ1v) is 20.2. The van der Waals surface area contributed by atoms with Gasteiger partial charge in [-0.3, -0.25) is 0 Å². The largest absolute Gasteiger partial charge is 1.00 e. The van der Waals surface area contributed by atoms with Crippen molar-refractivity contribution in [3.63, 3.8) is 0 Å². The molecule has 0 fully saturated rings. The van der Waals surface area contributed by atoms with Crippen LogP contribution in [0.5, 0.6) is 0 Å². The van der Waals surface area contributed by atoms with Crippen LogP contribution in [0.25, 0.3) is 0 Å². The van der Waals surface area contributed by atoms with Crippen molar-refractivity contribution in [1.29, 1.82) is 0 Å². The smallest absolute Gasteiger partial charge is 1.00 e. The Hall–Kier alpha value is -0.163. The molecule has 125 valence electrons. The zero-order valence-corrected chi connectivity index (χ0v) is 20.6. The number of aryl methyl sites for hydroxylation is 3. The third-order valence-corrected chi connectivity index (χ3v) is 27.3. The van der Waals surface area contributed by atoms with Gasteiger partial charge in [-0.2, -0.15) is 0 Å². The Morgan fingerprint density at radius 3 is 2.13 bits per heavy atom. The summed E-state index contributed by atoms with van der Waals surface area (Å²) in [6.07, 6.45) is 7.68. The van der Waals surface area contributed by atoms with E-state index in [1.54, 1.807) is 3.33 Å². The maximum atomic E-state index is 12.8. The zero-order valence-electron chi connectivity index (χ0n) is 14.3. The van der Waals surface area contributed by atoms with Crippen LogP contribution in [0.4, 0.5) is 0 Å². The van der Waals surface area contributed by atoms with Crippen molar-refractivity contribution in [3.8, 4) is 0 Å². The summed E-state index contributed by atoms with van der Waals surface area (Å²) in [4.78, 5) is 12.8. The number of carbonyl (C=O) groups is 1. The number of carbonyl (C=O) groups excluding carboxylic acids is 1. The molecule has 0 saturated heterocycles. The molecule has 0 saturated carbocycles. The molecule has 0 bridgehead atoms. The van der Waals surface area contributed by atoms with Crippen LogP contribution in [0.15, 0.2) is 33.7 Å². The molecular formula is C17H24Cl2HfNOSi. The Morgan fingerprint density at radius 1 is 1.13 bits per heavy atom. The van der Waals surface area contributed by atoms with Gasteiger partial charge in [-0.05, 0) is 0 Å². The van der Waals surface area contributed by atoms with E-state index in [-0.39, 0.29) is 30.7 Å². The first-order valence-electron chi connectivity index (χ1n) is 7.52. The summed E-state index contributed by atoms with van der Waals surface area (Å²) in [7, 11) is 0. The number of benzene rings is 1. The van der Waals surface area contributed by atoms with Crippen molar-refractivity contribution in [2.75, 3.05) is 0 Å². The van der Waals surface area contributed by atoms with Crippen molar-refractivity contribution in [2.45, 2.75) is 40.3 Å². The Balaban J connectivity index is 0.00000242. The molecule has 0 spiro atoms. The maximum absolute atomic E-state index is 12.8. The Morgan fingerprint density at radius 2 is 1.70 bits per heavy atom.